The zero-order valence-electron chi connectivity index (χ0n) is 16.4. The highest BCUT2D eigenvalue weighted by molar-refractivity contribution is 14.0. The molecule has 30 heavy (non-hydrogen) atoms. The van der Waals surface area contributed by atoms with E-state index in [1.807, 2.05) is 12.1 Å². The molecule has 0 radical (unpaired) electrons. The van der Waals surface area contributed by atoms with Crippen molar-refractivity contribution in [1.29, 1.82) is 0 Å². The number of nitrogens with one attached hydrogen (secondary N) is 2. The molecule has 2 aromatic rings. The molecule has 0 unspecified atom stereocenters. The number of guanidine groups is 1. The predicted octanol–water partition coefficient (Wildman–Crippen LogP) is 2.68. The van der Waals surface area contributed by atoms with E-state index >= 15 is 0 Å². The number of nitrogens with two attached hydrogens (primary N) is 1. The number of ether oxygens (including phenoxy) is 2. The van der Waals surface area contributed by atoms with E-state index in [1.54, 1.807) is 37.4 Å². The summed E-state index contributed by atoms with van der Waals surface area (Å²) in [5.41, 5.74) is 6.70. The van der Waals surface area contributed by atoms with Gasteiger partial charge in [0.25, 0.3) is 5.91 Å². The number of primary amides is 1. The average Bonchev–Trinajstić information content (AvgIpc) is 2.70. The molecule has 0 saturated carbocycles. The molecule has 0 atom stereocenters. The Labute approximate surface area is 191 Å². The third-order valence-corrected chi connectivity index (χ3v) is 3.87. The Morgan fingerprint density at radius 3 is 2.47 bits per heavy atom. The quantitative estimate of drug-likeness (QED) is 0.248. The maximum Gasteiger partial charge on any atom is 0.387 e. The number of aliphatic imine (C=N–C) groups is 1. The number of carbonyl (C=O) groups excluding carboxylic acids is 1. The van der Waals surface area contributed by atoms with E-state index in [2.05, 4.69) is 20.4 Å². The van der Waals surface area contributed by atoms with Crippen LogP contribution in [0.4, 0.5) is 8.78 Å². The van der Waals surface area contributed by atoms with Gasteiger partial charge in [0, 0.05) is 25.7 Å². The van der Waals surface area contributed by atoms with Gasteiger partial charge in [0.1, 0.15) is 11.5 Å². The lowest BCUT2D eigenvalue weighted by Crippen LogP contribution is -2.37. The van der Waals surface area contributed by atoms with Gasteiger partial charge in [-0.2, -0.15) is 8.78 Å². The van der Waals surface area contributed by atoms with Gasteiger partial charge in [0.05, 0.1) is 0 Å². The minimum absolute atomic E-state index is 0. The molecule has 0 aliphatic rings. The summed E-state index contributed by atoms with van der Waals surface area (Å²) >= 11 is 0. The molecule has 2 rings (SSSR count). The smallest absolute Gasteiger partial charge is 0.387 e. The van der Waals surface area contributed by atoms with E-state index in [1.165, 1.54) is 6.07 Å². The summed E-state index contributed by atoms with van der Waals surface area (Å²) in [6.07, 6.45) is 0.724. The van der Waals surface area contributed by atoms with Crippen molar-refractivity contribution in [2.24, 2.45) is 10.7 Å². The summed E-state index contributed by atoms with van der Waals surface area (Å²) in [4.78, 5) is 14.8. The van der Waals surface area contributed by atoms with Gasteiger partial charge in [0.15, 0.2) is 12.6 Å². The minimum Gasteiger partial charge on any atom is -0.484 e. The largest absolute Gasteiger partial charge is 0.484 e. The third kappa shape index (κ3) is 9.25. The molecule has 0 bridgehead atoms. The van der Waals surface area contributed by atoms with Crippen molar-refractivity contribution in [3.8, 4) is 11.5 Å². The van der Waals surface area contributed by atoms with Crippen LogP contribution >= 0.6 is 24.0 Å². The Hall–Kier alpha value is -2.63. The van der Waals surface area contributed by atoms with Crippen LogP contribution in [0.3, 0.4) is 0 Å². The maximum atomic E-state index is 12.5. The first-order valence-corrected chi connectivity index (χ1v) is 8.95. The van der Waals surface area contributed by atoms with Gasteiger partial charge in [-0.1, -0.05) is 30.3 Å². The molecule has 1 amide bonds. The van der Waals surface area contributed by atoms with Crippen molar-refractivity contribution in [1.82, 2.24) is 10.6 Å². The molecule has 2 aromatic carbocycles. The van der Waals surface area contributed by atoms with Crippen molar-refractivity contribution < 1.29 is 23.0 Å². The fourth-order valence-electron chi connectivity index (χ4n) is 2.49. The number of nitrogens with zero attached hydrogens (tertiary/aromatic N) is 1. The molecule has 7 nitrogen and oxygen atoms in total. The second-order valence-corrected chi connectivity index (χ2v) is 5.99. The Morgan fingerprint density at radius 1 is 1.13 bits per heavy atom. The number of hydrogen-bond acceptors (Lipinski definition) is 4. The van der Waals surface area contributed by atoms with Crippen molar-refractivity contribution in [2.75, 3.05) is 20.2 Å². The number of carbonyl (C=O) groups is 1. The van der Waals surface area contributed by atoms with E-state index in [4.69, 9.17) is 10.5 Å². The van der Waals surface area contributed by atoms with Gasteiger partial charge < -0.3 is 25.8 Å². The van der Waals surface area contributed by atoms with Gasteiger partial charge in [-0.05, 0) is 30.2 Å². The lowest BCUT2D eigenvalue weighted by atomic mass is 10.1. The molecular formula is C20H25F2IN4O3. The molecule has 164 valence electrons. The average molecular weight is 534 g/mol. The van der Waals surface area contributed by atoms with Crippen LogP contribution in [-0.2, 0) is 17.8 Å². The minimum atomic E-state index is -2.87. The zero-order valence-corrected chi connectivity index (χ0v) is 18.8. The molecule has 0 saturated heterocycles. The number of benzene rings is 2. The van der Waals surface area contributed by atoms with Crippen LogP contribution in [0.15, 0.2) is 53.5 Å². The summed E-state index contributed by atoms with van der Waals surface area (Å²) in [6, 6.07) is 13.9. The molecule has 0 aromatic heterocycles. The van der Waals surface area contributed by atoms with Crippen LogP contribution in [0, 0.1) is 0 Å². The van der Waals surface area contributed by atoms with E-state index < -0.39 is 12.5 Å². The molecule has 0 aliphatic carbocycles. The SMILES string of the molecule is CN=C(NCCc1ccc(OCC(N)=O)cc1)NCc1ccccc1OC(F)F.I. The normalized spacial score (nSPS) is 10.9. The highest BCUT2D eigenvalue weighted by Crippen LogP contribution is 2.19. The lowest BCUT2D eigenvalue weighted by Gasteiger charge is -2.14. The van der Waals surface area contributed by atoms with Crippen LogP contribution in [0.5, 0.6) is 11.5 Å². The molecule has 0 spiro atoms. The maximum absolute atomic E-state index is 12.5. The Balaban J connectivity index is 0.00000450. The topological polar surface area (TPSA) is 98.0 Å². The van der Waals surface area contributed by atoms with Gasteiger partial charge in [0.2, 0.25) is 0 Å². The molecule has 10 heteroatoms. The summed E-state index contributed by atoms with van der Waals surface area (Å²) in [6.45, 7) is -2.14. The van der Waals surface area contributed by atoms with Crippen molar-refractivity contribution in [3.05, 3.63) is 59.7 Å². The van der Waals surface area contributed by atoms with Crippen LogP contribution in [0.1, 0.15) is 11.1 Å². The second-order valence-electron chi connectivity index (χ2n) is 5.99. The van der Waals surface area contributed by atoms with E-state index in [0.29, 0.717) is 23.8 Å². The van der Waals surface area contributed by atoms with Gasteiger partial charge >= 0.3 is 6.61 Å². The highest BCUT2D eigenvalue weighted by atomic mass is 127. The first kappa shape index (κ1) is 25.4. The number of halogens is 3. The van der Waals surface area contributed by atoms with Crippen LogP contribution < -0.4 is 25.8 Å². The van der Waals surface area contributed by atoms with Crippen molar-refractivity contribution in [3.63, 3.8) is 0 Å². The van der Waals surface area contributed by atoms with Gasteiger partial charge in [-0.3, -0.25) is 9.79 Å². The molecule has 0 fully saturated rings. The number of amides is 1. The van der Waals surface area contributed by atoms with E-state index in [-0.39, 0.29) is 42.9 Å². The Kier molecular flexibility index (Phi) is 11.5. The summed E-state index contributed by atoms with van der Waals surface area (Å²) < 4.78 is 34.7. The fraction of sp³-hybridized carbons (Fsp3) is 0.300. The van der Waals surface area contributed by atoms with E-state index in [9.17, 15) is 13.6 Å². The van der Waals surface area contributed by atoms with Crippen LogP contribution in [-0.4, -0.2) is 38.7 Å². The molecular weight excluding hydrogens is 509 g/mol. The third-order valence-electron chi connectivity index (χ3n) is 3.87. The number of para-hydroxylation sites is 1. The van der Waals surface area contributed by atoms with Crippen LogP contribution in [0.25, 0.3) is 0 Å². The standard InChI is InChI=1S/C20H24F2N4O3.HI/c1-24-20(26-12-15-4-2-3-5-17(15)29-19(21)22)25-11-10-14-6-8-16(9-7-14)28-13-18(23)27;/h2-9,19H,10-13H2,1H3,(H2,23,27)(H2,24,25,26);1H. The summed E-state index contributed by atoms with van der Waals surface area (Å²) in [5, 5.41) is 6.23. The molecule has 0 heterocycles. The summed E-state index contributed by atoms with van der Waals surface area (Å²) in [7, 11) is 1.63. The van der Waals surface area contributed by atoms with Gasteiger partial charge in [-0.15, -0.1) is 24.0 Å². The van der Waals surface area contributed by atoms with E-state index in [0.717, 1.165) is 12.0 Å². The van der Waals surface area contributed by atoms with Gasteiger partial charge in [-0.25, -0.2) is 0 Å². The molecule has 0 aliphatic heterocycles. The lowest BCUT2D eigenvalue weighted by molar-refractivity contribution is -0.119. The van der Waals surface area contributed by atoms with Crippen molar-refractivity contribution in [2.45, 2.75) is 19.6 Å². The monoisotopic (exact) mass is 534 g/mol. The van der Waals surface area contributed by atoms with Crippen LogP contribution in [0.2, 0.25) is 0 Å². The molecule has 4 N–H and O–H groups in total. The predicted molar refractivity (Wildman–Crippen MR) is 122 cm³/mol. The first-order valence-electron chi connectivity index (χ1n) is 8.95. The Bertz CT molecular complexity index is 820. The number of hydrogen-bond donors (Lipinski definition) is 3. The Morgan fingerprint density at radius 2 is 1.83 bits per heavy atom. The highest BCUT2D eigenvalue weighted by Gasteiger charge is 2.09. The van der Waals surface area contributed by atoms with Crippen molar-refractivity contribution >= 4 is 35.8 Å². The number of alkyl halides is 2. The fourth-order valence-corrected chi connectivity index (χ4v) is 2.49. The zero-order chi connectivity index (χ0) is 21.1. The second kappa shape index (κ2) is 13.6. The number of rotatable bonds is 10. The summed E-state index contributed by atoms with van der Waals surface area (Å²) in [5.74, 6) is 0.713. The first-order chi connectivity index (χ1) is 14.0.